The molecule has 0 unspecified atom stereocenters. The quantitative estimate of drug-likeness (QED) is 0.726. The van der Waals surface area contributed by atoms with Crippen LogP contribution in [-0.4, -0.2) is 50.2 Å². The van der Waals surface area contributed by atoms with E-state index in [4.69, 9.17) is 4.98 Å². The van der Waals surface area contributed by atoms with Gasteiger partial charge >= 0.3 is 0 Å². The number of fused-ring (bicyclic) bond motifs is 1. The zero-order valence-corrected chi connectivity index (χ0v) is 18.0. The molecule has 2 aliphatic heterocycles. The summed E-state index contributed by atoms with van der Waals surface area (Å²) in [6, 6.07) is 0. The van der Waals surface area contributed by atoms with Crippen molar-refractivity contribution in [3.8, 4) is 0 Å². The Morgan fingerprint density at radius 2 is 2.07 bits per heavy atom. The van der Waals surface area contributed by atoms with E-state index in [1.165, 1.54) is 0 Å². The van der Waals surface area contributed by atoms with E-state index in [0.717, 1.165) is 68.1 Å². The monoisotopic (exact) mass is 412 g/mol. The van der Waals surface area contributed by atoms with Gasteiger partial charge in [-0.3, -0.25) is 4.79 Å². The van der Waals surface area contributed by atoms with Crippen LogP contribution in [0, 0.1) is 0 Å². The number of aliphatic hydroxyl groups excluding tert-OH is 1. The van der Waals surface area contributed by atoms with Gasteiger partial charge in [0.15, 0.2) is 0 Å². The van der Waals surface area contributed by atoms with Crippen LogP contribution in [0.15, 0.2) is 12.5 Å². The standard InChI is InChI=1S/C22H32N6O2/c1-3-4-5-17-13-28(10-11-29)21(25-17)16-6-8-27(9-7-16)22-19-15(2)12-18(30)26-20(19)23-14-24-22/h13-16,29H,3-12H2,1-2H3,(H,23,24,26,30)/t15-/m1/s1. The second-order valence-electron chi connectivity index (χ2n) is 8.49. The lowest BCUT2D eigenvalue weighted by molar-refractivity contribution is -0.116. The lowest BCUT2D eigenvalue weighted by Crippen LogP contribution is -2.36. The number of imidazole rings is 1. The van der Waals surface area contributed by atoms with E-state index in [1.54, 1.807) is 6.33 Å². The number of amides is 1. The summed E-state index contributed by atoms with van der Waals surface area (Å²) in [6.07, 6.45) is 9.43. The Morgan fingerprint density at radius 3 is 2.80 bits per heavy atom. The zero-order chi connectivity index (χ0) is 21.1. The topological polar surface area (TPSA) is 96.2 Å². The summed E-state index contributed by atoms with van der Waals surface area (Å²) < 4.78 is 2.15. The van der Waals surface area contributed by atoms with Crippen molar-refractivity contribution in [2.75, 3.05) is 29.9 Å². The molecule has 8 nitrogen and oxygen atoms in total. The van der Waals surface area contributed by atoms with Crippen molar-refractivity contribution in [3.63, 3.8) is 0 Å². The highest BCUT2D eigenvalue weighted by Crippen LogP contribution is 2.38. The predicted octanol–water partition coefficient (Wildman–Crippen LogP) is 2.84. The van der Waals surface area contributed by atoms with Crippen LogP contribution >= 0.6 is 0 Å². The molecule has 2 aromatic heterocycles. The molecule has 0 bridgehead atoms. The van der Waals surface area contributed by atoms with E-state index in [1.807, 2.05) is 0 Å². The summed E-state index contributed by atoms with van der Waals surface area (Å²) in [4.78, 5) is 28.0. The minimum absolute atomic E-state index is 0.0213. The summed E-state index contributed by atoms with van der Waals surface area (Å²) in [5, 5.41) is 12.4. The smallest absolute Gasteiger partial charge is 0.226 e. The number of unbranched alkanes of at least 4 members (excludes halogenated alkanes) is 1. The van der Waals surface area contributed by atoms with Gasteiger partial charge in [0, 0.05) is 43.7 Å². The highest BCUT2D eigenvalue weighted by Gasteiger charge is 2.31. The van der Waals surface area contributed by atoms with Gasteiger partial charge in [-0.15, -0.1) is 0 Å². The maximum absolute atomic E-state index is 11.9. The molecule has 0 aliphatic carbocycles. The van der Waals surface area contributed by atoms with Crippen molar-refractivity contribution in [2.24, 2.45) is 0 Å². The number of aryl methyl sites for hydroxylation is 1. The Balaban J connectivity index is 1.49. The maximum Gasteiger partial charge on any atom is 0.226 e. The molecule has 162 valence electrons. The van der Waals surface area contributed by atoms with Crippen LogP contribution in [0.4, 0.5) is 11.6 Å². The Hall–Kier alpha value is -2.48. The van der Waals surface area contributed by atoms with Crippen LogP contribution in [0.2, 0.25) is 0 Å². The van der Waals surface area contributed by atoms with Gasteiger partial charge in [0.05, 0.1) is 12.3 Å². The second-order valence-corrected chi connectivity index (χ2v) is 8.49. The molecular weight excluding hydrogens is 380 g/mol. The average molecular weight is 413 g/mol. The molecule has 4 heterocycles. The van der Waals surface area contributed by atoms with Crippen LogP contribution < -0.4 is 10.2 Å². The second kappa shape index (κ2) is 9.12. The first-order valence-corrected chi connectivity index (χ1v) is 11.2. The highest BCUT2D eigenvalue weighted by molar-refractivity contribution is 5.94. The number of rotatable bonds is 7. The summed E-state index contributed by atoms with van der Waals surface area (Å²) in [6.45, 7) is 6.79. The SMILES string of the molecule is CCCCc1cn(CCO)c(C2CCN(c3ncnc4c3[C@H](C)CC(=O)N4)CC2)n1. The molecule has 0 spiro atoms. The lowest BCUT2D eigenvalue weighted by Gasteiger charge is -2.35. The van der Waals surface area contributed by atoms with Gasteiger partial charge < -0.3 is 19.9 Å². The summed E-state index contributed by atoms with van der Waals surface area (Å²) in [7, 11) is 0. The van der Waals surface area contributed by atoms with Crippen LogP contribution in [-0.2, 0) is 17.8 Å². The summed E-state index contributed by atoms with van der Waals surface area (Å²) >= 11 is 0. The number of nitrogens with zero attached hydrogens (tertiary/aromatic N) is 5. The van der Waals surface area contributed by atoms with Crippen molar-refractivity contribution in [2.45, 2.75) is 70.8 Å². The molecular formula is C22H32N6O2. The number of hydrogen-bond donors (Lipinski definition) is 2. The zero-order valence-electron chi connectivity index (χ0n) is 18.0. The Morgan fingerprint density at radius 1 is 1.27 bits per heavy atom. The number of anilines is 2. The van der Waals surface area contributed by atoms with Crippen molar-refractivity contribution in [1.82, 2.24) is 19.5 Å². The number of piperidine rings is 1. The summed E-state index contributed by atoms with van der Waals surface area (Å²) in [5.74, 6) is 3.25. The van der Waals surface area contributed by atoms with Gasteiger partial charge in [0.2, 0.25) is 5.91 Å². The van der Waals surface area contributed by atoms with E-state index in [-0.39, 0.29) is 18.4 Å². The number of aromatic nitrogens is 4. The lowest BCUT2D eigenvalue weighted by atomic mass is 9.92. The minimum Gasteiger partial charge on any atom is -0.395 e. The van der Waals surface area contributed by atoms with Gasteiger partial charge in [-0.1, -0.05) is 20.3 Å². The fourth-order valence-electron chi connectivity index (χ4n) is 4.68. The number of carbonyl (C=O) groups excluding carboxylic acids is 1. The van der Waals surface area contributed by atoms with E-state index < -0.39 is 0 Å². The first kappa shape index (κ1) is 20.8. The molecule has 4 rings (SSSR count). The van der Waals surface area contributed by atoms with Crippen molar-refractivity contribution in [3.05, 3.63) is 29.6 Å². The summed E-state index contributed by atoms with van der Waals surface area (Å²) in [5.41, 5.74) is 2.19. The highest BCUT2D eigenvalue weighted by atomic mass is 16.3. The third-order valence-corrected chi connectivity index (χ3v) is 6.25. The van der Waals surface area contributed by atoms with Crippen LogP contribution in [0.25, 0.3) is 0 Å². The number of carbonyl (C=O) groups is 1. The largest absolute Gasteiger partial charge is 0.395 e. The molecule has 1 fully saturated rings. The third-order valence-electron chi connectivity index (χ3n) is 6.25. The normalized spacial score (nSPS) is 19.6. The molecule has 2 aromatic rings. The van der Waals surface area contributed by atoms with Gasteiger partial charge in [-0.25, -0.2) is 15.0 Å². The van der Waals surface area contributed by atoms with Crippen LogP contribution in [0.5, 0.6) is 0 Å². The van der Waals surface area contributed by atoms with E-state index >= 15 is 0 Å². The Bertz CT molecular complexity index is 888. The van der Waals surface area contributed by atoms with Crippen molar-refractivity contribution >= 4 is 17.5 Å². The van der Waals surface area contributed by atoms with Gasteiger partial charge in [-0.2, -0.15) is 0 Å². The van der Waals surface area contributed by atoms with E-state index in [0.29, 0.717) is 24.7 Å². The number of aliphatic hydroxyl groups is 1. The first-order chi connectivity index (χ1) is 14.6. The van der Waals surface area contributed by atoms with E-state index in [9.17, 15) is 9.90 Å². The predicted molar refractivity (Wildman–Crippen MR) is 116 cm³/mol. The van der Waals surface area contributed by atoms with Crippen LogP contribution in [0.1, 0.15) is 74.9 Å². The fourth-order valence-corrected chi connectivity index (χ4v) is 4.68. The third kappa shape index (κ3) is 4.19. The first-order valence-electron chi connectivity index (χ1n) is 11.2. The molecule has 2 aliphatic rings. The maximum atomic E-state index is 11.9. The van der Waals surface area contributed by atoms with Gasteiger partial charge in [0.25, 0.3) is 0 Å². The molecule has 1 amide bonds. The Labute approximate surface area is 177 Å². The number of nitrogens with one attached hydrogen (secondary N) is 1. The van der Waals surface area contributed by atoms with Crippen molar-refractivity contribution < 1.29 is 9.90 Å². The van der Waals surface area contributed by atoms with Crippen molar-refractivity contribution in [1.29, 1.82) is 0 Å². The Kier molecular flexibility index (Phi) is 6.32. The molecule has 2 N–H and O–H groups in total. The molecule has 1 atom stereocenters. The van der Waals surface area contributed by atoms with Crippen LogP contribution in [0.3, 0.4) is 0 Å². The molecule has 0 saturated carbocycles. The van der Waals surface area contributed by atoms with Gasteiger partial charge in [0.1, 0.15) is 23.8 Å². The molecule has 1 saturated heterocycles. The molecule has 8 heteroatoms. The fraction of sp³-hybridized carbons (Fsp3) is 0.636. The molecule has 30 heavy (non-hydrogen) atoms. The molecule has 0 radical (unpaired) electrons. The van der Waals surface area contributed by atoms with Gasteiger partial charge in [-0.05, 0) is 31.6 Å². The number of hydrogen-bond acceptors (Lipinski definition) is 6. The molecule has 0 aromatic carbocycles. The van der Waals surface area contributed by atoms with E-state index in [2.05, 4.69) is 44.8 Å². The minimum atomic E-state index is 0.0213. The average Bonchev–Trinajstić information content (AvgIpc) is 3.14.